The molecule has 1 fully saturated rings. The van der Waals surface area contributed by atoms with Crippen LogP contribution < -0.4 is 5.73 Å². The van der Waals surface area contributed by atoms with Crippen LogP contribution in [0.3, 0.4) is 0 Å². The number of thiazole rings is 1. The van der Waals surface area contributed by atoms with Crippen molar-refractivity contribution in [2.75, 3.05) is 11.5 Å². The third-order valence-electron chi connectivity index (χ3n) is 2.43. The first-order chi connectivity index (χ1) is 6.49. The van der Waals surface area contributed by atoms with Crippen LogP contribution >= 0.6 is 11.3 Å². The van der Waals surface area contributed by atoms with E-state index in [0.717, 1.165) is 4.88 Å². The van der Waals surface area contributed by atoms with Crippen LogP contribution in [0.2, 0.25) is 0 Å². The molecule has 0 bridgehead atoms. The Hall–Kier alpha value is -0.460. The normalized spacial score (nSPS) is 30.6. The Bertz CT molecular complexity index is 413. The summed E-state index contributed by atoms with van der Waals surface area (Å²) in [6.07, 6.45) is 2.94. The second-order valence-corrected chi connectivity index (χ2v) is 7.00. The SMILES string of the molecule is NC1(Cc2cncs2)CCS(=O)(=O)C1. The number of sulfone groups is 1. The largest absolute Gasteiger partial charge is 0.324 e. The molecule has 6 heteroatoms. The summed E-state index contributed by atoms with van der Waals surface area (Å²) in [6, 6.07) is 0. The van der Waals surface area contributed by atoms with Gasteiger partial charge < -0.3 is 5.73 Å². The zero-order valence-corrected chi connectivity index (χ0v) is 9.27. The van der Waals surface area contributed by atoms with Crippen molar-refractivity contribution in [2.45, 2.75) is 18.4 Å². The van der Waals surface area contributed by atoms with Crippen LogP contribution in [0.25, 0.3) is 0 Å². The van der Waals surface area contributed by atoms with Crippen LogP contribution in [0.5, 0.6) is 0 Å². The summed E-state index contributed by atoms with van der Waals surface area (Å²) in [5.74, 6) is 0.334. The molecule has 2 rings (SSSR count). The lowest BCUT2D eigenvalue weighted by atomic mass is 9.96. The van der Waals surface area contributed by atoms with Crippen LogP contribution in [-0.2, 0) is 16.3 Å². The molecule has 1 atom stereocenters. The van der Waals surface area contributed by atoms with Gasteiger partial charge in [-0.15, -0.1) is 11.3 Å². The summed E-state index contributed by atoms with van der Waals surface area (Å²) in [5, 5.41) is 0. The van der Waals surface area contributed by atoms with Gasteiger partial charge in [-0.05, 0) is 6.42 Å². The van der Waals surface area contributed by atoms with Gasteiger partial charge in [0, 0.05) is 23.0 Å². The Morgan fingerprint density at radius 2 is 2.43 bits per heavy atom. The van der Waals surface area contributed by atoms with E-state index in [0.29, 0.717) is 12.8 Å². The molecule has 14 heavy (non-hydrogen) atoms. The van der Waals surface area contributed by atoms with Crippen LogP contribution in [0.1, 0.15) is 11.3 Å². The molecule has 2 N–H and O–H groups in total. The van der Waals surface area contributed by atoms with Crippen molar-refractivity contribution in [3.8, 4) is 0 Å². The molecular weight excluding hydrogens is 220 g/mol. The highest BCUT2D eigenvalue weighted by Crippen LogP contribution is 2.26. The van der Waals surface area contributed by atoms with Crippen molar-refractivity contribution >= 4 is 21.2 Å². The molecule has 4 nitrogen and oxygen atoms in total. The van der Waals surface area contributed by atoms with Gasteiger partial charge in [0.25, 0.3) is 0 Å². The lowest BCUT2D eigenvalue weighted by molar-refractivity contribution is 0.479. The lowest BCUT2D eigenvalue weighted by Crippen LogP contribution is -2.43. The number of hydrogen-bond donors (Lipinski definition) is 1. The lowest BCUT2D eigenvalue weighted by Gasteiger charge is -2.20. The van der Waals surface area contributed by atoms with E-state index in [1.165, 1.54) is 11.3 Å². The third-order valence-corrected chi connectivity index (χ3v) is 5.05. The minimum Gasteiger partial charge on any atom is -0.324 e. The fourth-order valence-corrected chi connectivity index (χ4v) is 4.49. The molecule has 2 heterocycles. The summed E-state index contributed by atoms with van der Waals surface area (Å²) in [5.41, 5.74) is 7.20. The Kier molecular flexibility index (Phi) is 2.36. The predicted molar refractivity (Wildman–Crippen MR) is 56.0 cm³/mol. The average Bonchev–Trinajstić information content (AvgIpc) is 2.60. The Morgan fingerprint density at radius 3 is 2.93 bits per heavy atom. The molecule has 0 radical (unpaired) electrons. The van der Waals surface area contributed by atoms with Gasteiger partial charge in [-0.25, -0.2) is 8.42 Å². The van der Waals surface area contributed by atoms with Gasteiger partial charge in [0.2, 0.25) is 0 Å². The summed E-state index contributed by atoms with van der Waals surface area (Å²) in [6.45, 7) is 0. The van der Waals surface area contributed by atoms with Crippen molar-refractivity contribution in [2.24, 2.45) is 5.73 Å². The molecule has 0 saturated carbocycles. The highest BCUT2D eigenvalue weighted by atomic mass is 32.2. The Balaban J connectivity index is 2.12. The van der Waals surface area contributed by atoms with E-state index in [4.69, 9.17) is 5.73 Å². The van der Waals surface area contributed by atoms with Crippen LogP contribution in [0, 0.1) is 0 Å². The monoisotopic (exact) mass is 232 g/mol. The minimum absolute atomic E-state index is 0.109. The topological polar surface area (TPSA) is 73.0 Å². The molecule has 1 saturated heterocycles. The van der Waals surface area contributed by atoms with Gasteiger partial charge in [-0.3, -0.25) is 4.98 Å². The molecule has 1 aromatic heterocycles. The maximum atomic E-state index is 11.3. The smallest absolute Gasteiger partial charge is 0.152 e. The van der Waals surface area contributed by atoms with E-state index >= 15 is 0 Å². The number of nitrogens with two attached hydrogens (primary N) is 1. The van der Waals surface area contributed by atoms with Crippen molar-refractivity contribution in [1.29, 1.82) is 0 Å². The molecule has 78 valence electrons. The molecule has 1 aromatic rings. The Labute approximate surface area is 87.1 Å². The molecule has 1 aliphatic heterocycles. The van der Waals surface area contributed by atoms with Gasteiger partial charge >= 0.3 is 0 Å². The molecular formula is C8H12N2O2S2. The maximum absolute atomic E-state index is 11.3. The van der Waals surface area contributed by atoms with Gasteiger partial charge in [-0.2, -0.15) is 0 Å². The van der Waals surface area contributed by atoms with Crippen molar-refractivity contribution in [1.82, 2.24) is 4.98 Å². The van der Waals surface area contributed by atoms with Crippen molar-refractivity contribution < 1.29 is 8.42 Å². The first-order valence-electron chi connectivity index (χ1n) is 4.36. The van der Waals surface area contributed by atoms with E-state index in [1.807, 2.05) is 0 Å². The number of rotatable bonds is 2. The quantitative estimate of drug-likeness (QED) is 0.790. The number of aromatic nitrogens is 1. The van der Waals surface area contributed by atoms with Gasteiger partial charge in [-0.1, -0.05) is 0 Å². The first-order valence-corrected chi connectivity index (χ1v) is 7.06. The standard InChI is InChI=1S/C8H12N2O2S2/c9-8(1-2-14(11,12)5-8)3-7-4-10-6-13-7/h4,6H,1-3,5,9H2. The Morgan fingerprint density at radius 1 is 1.64 bits per heavy atom. The van der Waals surface area contributed by atoms with Crippen LogP contribution in [0.4, 0.5) is 0 Å². The van der Waals surface area contributed by atoms with Gasteiger partial charge in [0.05, 0.1) is 17.0 Å². The number of hydrogen-bond acceptors (Lipinski definition) is 5. The maximum Gasteiger partial charge on any atom is 0.152 e. The third kappa shape index (κ3) is 2.13. The molecule has 0 spiro atoms. The summed E-state index contributed by atoms with van der Waals surface area (Å²) >= 11 is 1.52. The number of nitrogens with zero attached hydrogens (tertiary/aromatic N) is 1. The summed E-state index contributed by atoms with van der Waals surface area (Å²) in [4.78, 5) is 5.01. The van der Waals surface area contributed by atoms with Crippen molar-refractivity contribution in [3.05, 3.63) is 16.6 Å². The van der Waals surface area contributed by atoms with Crippen LogP contribution in [0.15, 0.2) is 11.7 Å². The van der Waals surface area contributed by atoms with E-state index in [1.54, 1.807) is 11.7 Å². The second-order valence-electron chi connectivity index (χ2n) is 3.85. The van der Waals surface area contributed by atoms with E-state index in [9.17, 15) is 8.42 Å². The highest BCUT2D eigenvalue weighted by molar-refractivity contribution is 7.91. The summed E-state index contributed by atoms with van der Waals surface area (Å²) in [7, 11) is -2.90. The molecule has 1 aliphatic rings. The second kappa shape index (κ2) is 3.29. The fourth-order valence-electron chi connectivity index (χ4n) is 1.76. The molecule has 0 aromatic carbocycles. The van der Waals surface area contributed by atoms with E-state index in [2.05, 4.69) is 4.98 Å². The molecule has 0 amide bonds. The zero-order chi connectivity index (χ0) is 10.2. The summed E-state index contributed by atoms with van der Waals surface area (Å²) < 4.78 is 22.6. The molecule has 1 unspecified atom stereocenters. The van der Waals surface area contributed by atoms with E-state index in [-0.39, 0.29) is 11.5 Å². The average molecular weight is 232 g/mol. The van der Waals surface area contributed by atoms with Crippen molar-refractivity contribution in [3.63, 3.8) is 0 Å². The fraction of sp³-hybridized carbons (Fsp3) is 0.625. The first kappa shape index (κ1) is 10.1. The van der Waals surface area contributed by atoms with Gasteiger partial charge in [0.15, 0.2) is 9.84 Å². The van der Waals surface area contributed by atoms with Gasteiger partial charge in [0.1, 0.15) is 0 Å². The predicted octanol–water partition coefficient (Wildman–Crippen LogP) is 0.202. The zero-order valence-electron chi connectivity index (χ0n) is 7.64. The minimum atomic E-state index is -2.90. The molecule has 0 aliphatic carbocycles. The highest BCUT2D eigenvalue weighted by Gasteiger charge is 2.39. The van der Waals surface area contributed by atoms with Crippen LogP contribution in [-0.4, -0.2) is 30.4 Å². The van der Waals surface area contributed by atoms with E-state index < -0.39 is 15.4 Å².